The van der Waals surface area contributed by atoms with Crippen LogP contribution < -0.4 is 0 Å². The number of nitrogens with zero attached hydrogens (tertiary/aromatic N) is 3. The van der Waals surface area contributed by atoms with Crippen molar-refractivity contribution < 1.29 is 9.53 Å². The molecule has 1 aromatic heterocycles. The third kappa shape index (κ3) is 4.10. The van der Waals surface area contributed by atoms with Gasteiger partial charge in [0.15, 0.2) is 0 Å². The molecule has 0 radical (unpaired) electrons. The van der Waals surface area contributed by atoms with Crippen LogP contribution in [0.2, 0.25) is 0 Å². The van der Waals surface area contributed by atoms with E-state index in [0.29, 0.717) is 13.2 Å². The zero-order valence-corrected chi connectivity index (χ0v) is 11.7. The molecule has 1 heterocycles. The van der Waals surface area contributed by atoms with Crippen molar-refractivity contribution in [2.24, 2.45) is 0 Å². The Bertz CT molecular complexity index is 387. The molecule has 0 unspecified atom stereocenters. The van der Waals surface area contributed by atoms with E-state index in [9.17, 15) is 4.79 Å². The van der Waals surface area contributed by atoms with Gasteiger partial charge in [0, 0.05) is 19.5 Å². The van der Waals surface area contributed by atoms with Gasteiger partial charge in [-0.2, -0.15) is 0 Å². The van der Waals surface area contributed by atoms with Crippen LogP contribution in [-0.4, -0.2) is 52.3 Å². The van der Waals surface area contributed by atoms with E-state index in [4.69, 9.17) is 4.74 Å². The molecule has 0 bridgehead atoms. The molecule has 0 aliphatic rings. The van der Waals surface area contributed by atoms with Crippen molar-refractivity contribution in [2.45, 2.75) is 39.7 Å². The van der Waals surface area contributed by atoms with Crippen molar-refractivity contribution in [2.75, 3.05) is 20.2 Å². The van der Waals surface area contributed by atoms with Gasteiger partial charge in [-0.3, -0.25) is 9.89 Å². The van der Waals surface area contributed by atoms with Crippen LogP contribution in [0.25, 0.3) is 0 Å². The molecule has 0 atom stereocenters. The van der Waals surface area contributed by atoms with Gasteiger partial charge in [-0.15, -0.1) is 5.10 Å². The van der Waals surface area contributed by atoms with Crippen LogP contribution >= 0.6 is 0 Å². The Labute approximate surface area is 108 Å². The lowest BCUT2D eigenvalue weighted by Crippen LogP contribution is -2.31. The molecule has 0 spiro atoms. The van der Waals surface area contributed by atoms with Gasteiger partial charge in [0.1, 0.15) is 5.82 Å². The van der Waals surface area contributed by atoms with Crippen LogP contribution in [0.3, 0.4) is 0 Å². The van der Waals surface area contributed by atoms with E-state index in [1.165, 1.54) is 0 Å². The average molecular weight is 254 g/mol. The molecule has 0 aromatic carbocycles. The highest BCUT2D eigenvalue weighted by Gasteiger charge is 2.17. The van der Waals surface area contributed by atoms with Crippen molar-refractivity contribution in [1.29, 1.82) is 0 Å². The van der Waals surface area contributed by atoms with E-state index in [0.717, 1.165) is 5.82 Å². The normalized spacial score (nSPS) is 11.3. The summed E-state index contributed by atoms with van der Waals surface area (Å²) in [6.45, 7) is 8.96. The second-order valence-corrected chi connectivity index (χ2v) is 4.85. The minimum Gasteiger partial charge on any atom is -0.377 e. The Morgan fingerprint density at radius 3 is 2.56 bits per heavy atom. The van der Waals surface area contributed by atoms with E-state index in [-0.39, 0.29) is 23.8 Å². The van der Waals surface area contributed by atoms with Crippen molar-refractivity contribution in [3.8, 4) is 0 Å². The lowest BCUT2D eigenvalue weighted by molar-refractivity contribution is 0.0526. The fourth-order valence-electron chi connectivity index (χ4n) is 1.33. The van der Waals surface area contributed by atoms with Crippen molar-refractivity contribution in [3.63, 3.8) is 0 Å². The molecule has 1 rings (SSSR count). The highest BCUT2D eigenvalue weighted by atomic mass is 16.5. The first-order valence-corrected chi connectivity index (χ1v) is 6.21. The fraction of sp³-hybridized carbons (Fsp3) is 0.750. The van der Waals surface area contributed by atoms with Gasteiger partial charge >= 0.3 is 0 Å². The first kappa shape index (κ1) is 14.6. The summed E-state index contributed by atoms with van der Waals surface area (Å²) in [5.41, 5.74) is 0. The number of carbonyl (C=O) groups excluding carboxylic acids is 1. The summed E-state index contributed by atoms with van der Waals surface area (Å²) in [5, 5.41) is 6.71. The zero-order valence-electron chi connectivity index (χ0n) is 11.7. The summed E-state index contributed by atoms with van der Waals surface area (Å²) in [4.78, 5) is 17.7. The minimum absolute atomic E-state index is 0.171. The largest absolute Gasteiger partial charge is 0.377 e. The Balaban J connectivity index is 2.52. The number of H-pyrrole nitrogens is 1. The molecule has 6 nitrogen and oxygen atoms in total. The van der Waals surface area contributed by atoms with Crippen molar-refractivity contribution >= 4 is 5.91 Å². The molecule has 1 aromatic rings. The Hall–Kier alpha value is -1.43. The van der Waals surface area contributed by atoms with E-state index in [1.54, 1.807) is 11.9 Å². The maximum absolute atomic E-state index is 12.0. The van der Waals surface area contributed by atoms with Crippen LogP contribution in [0.1, 0.15) is 50.1 Å². The number of hydrogen-bond acceptors (Lipinski definition) is 4. The van der Waals surface area contributed by atoms with Gasteiger partial charge in [-0.1, -0.05) is 13.8 Å². The number of ether oxygens (including phenoxy) is 1. The quantitative estimate of drug-likeness (QED) is 0.833. The number of amides is 1. The molecule has 1 N–H and O–H groups in total. The second-order valence-electron chi connectivity index (χ2n) is 4.85. The standard InChI is InChI=1S/C12H22N4O2/c1-8(2)10-13-11(15-14-10)12(17)16(5)6-7-18-9(3)4/h8-9H,6-7H2,1-5H3,(H,13,14,15). The molecule has 1 amide bonds. The van der Waals surface area contributed by atoms with Crippen LogP contribution in [0.4, 0.5) is 0 Å². The SMILES string of the molecule is CC(C)OCCN(C)C(=O)c1n[nH]c(C(C)C)n1. The molecule has 0 aliphatic heterocycles. The number of aromatic amines is 1. The van der Waals surface area contributed by atoms with Crippen LogP contribution in [0, 0.1) is 0 Å². The molecule has 0 fully saturated rings. The first-order valence-electron chi connectivity index (χ1n) is 6.21. The molecule has 0 aliphatic carbocycles. The number of rotatable bonds is 6. The van der Waals surface area contributed by atoms with Gasteiger partial charge in [0.25, 0.3) is 5.91 Å². The summed E-state index contributed by atoms with van der Waals surface area (Å²) < 4.78 is 5.40. The van der Waals surface area contributed by atoms with Crippen molar-refractivity contribution in [1.82, 2.24) is 20.1 Å². The lowest BCUT2D eigenvalue weighted by atomic mass is 10.2. The molecule has 18 heavy (non-hydrogen) atoms. The number of nitrogens with one attached hydrogen (secondary N) is 1. The molecule has 0 saturated carbocycles. The third-order valence-electron chi connectivity index (χ3n) is 2.47. The predicted octanol–water partition coefficient (Wildman–Crippen LogP) is 1.43. The average Bonchev–Trinajstić information content (AvgIpc) is 2.76. The second kappa shape index (κ2) is 6.49. The van der Waals surface area contributed by atoms with Crippen LogP contribution in [0.5, 0.6) is 0 Å². The maximum atomic E-state index is 12.0. The van der Waals surface area contributed by atoms with Gasteiger partial charge in [-0.25, -0.2) is 4.98 Å². The van der Waals surface area contributed by atoms with Crippen LogP contribution in [-0.2, 0) is 4.74 Å². The molecule has 6 heteroatoms. The van der Waals surface area contributed by atoms with E-state index < -0.39 is 0 Å². The summed E-state index contributed by atoms with van der Waals surface area (Å²) in [5.74, 6) is 0.982. The highest BCUT2D eigenvalue weighted by molar-refractivity contribution is 5.90. The summed E-state index contributed by atoms with van der Waals surface area (Å²) in [6.07, 6.45) is 0.171. The zero-order chi connectivity index (χ0) is 13.7. The summed E-state index contributed by atoms with van der Waals surface area (Å²) >= 11 is 0. The van der Waals surface area contributed by atoms with Crippen LogP contribution in [0.15, 0.2) is 0 Å². The van der Waals surface area contributed by atoms with E-state index in [2.05, 4.69) is 15.2 Å². The predicted molar refractivity (Wildman–Crippen MR) is 68.5 cm³/mol. The van der Waals surface area contributed by atoms with Gasteiger partial charge in [0.05, 0.1) is 12.7 Å². The molecule has 0 saturated heterocycles. The Morgan fingerprint density at radius 2 is 2.06 bits per heavy atom. The number of hydrogen-bond donors (Lipinski definition) is 1. The Kier molecular flexibility index (Phi) is 5.27. The summed E-state index contributed by atoms with van der Waals surface area (Å²) in [7, 11) is 1.72. The fourth-order valence-corrected chi connectivity index (χ4v) is 1.33. The summed E-state index contributed by atoms with van der Waals surface area (Å²) in [6, 6.07) is 0. The number of aromatic nitrogens is 3. The first-order chi connectivity index (χ1) is 8.41. The number of likely N-dealkylation sites (N-methyl/N-ethyl adjacent to an activating group) is 1. The van der Waals surface area contributed by atoms with Crippen molar-refractivity contribution in [3.05, 3.63) is 11.6 Å². The van der Waals surface area contributed by atoms with E-state index >= 15 is 0 Å². The number of carbonyl (C=O) groups is 1. The van der Waals surface area contributed by atoms with Gasteiger partial charge in [0.2, 0.25) is 5.82 Å². The molecule has 102 valence electrons. The maximum Gasteiger partial charge on any atom is 0.293 e. The monoisotopic (exact) mass is 254 g/mol. The Morgan fingerprint density at radius 1 is 1.39 bits per heavy atom. The smallest absolute Gasteiger partial charge is 0.293 e. The third-order valence-corrected chi connectivity index (χ3v) is 2.47. The minimum atomic E-state index is -0.189. The van der Waals surface area contributed by atoms with Gasteiger partial charge in [-0.05, 0) is 13.8 Å². The highest BCUT2D eigenvalue weighted by Crippen LogP contribution is 2.08. The topological polar surface area (TPSA) is 71.1 Å². The lowest BCUT2D eigenvalue weighted by Gasteiger charge is -2.16. The molecular weight excluding hydrogens is 232 g/mol. The molecular formula is C12H22N4O2. The van der Waals surface area contributed by atoms with Gasteiger partial charge < -0.3 is 9.64 Å². The van der Waals surface area contributed by atoms with E-state index in [1.807, 2.05) is 27.7 Å².